The quantitative estimate of drug-likeness (QED) is 0.0743. The van der Waals surface area contributed by atoms with Crippen LogP contribution in [0.25, 0.3) is 192 Å². The van der Waals surface area contributed by atoms with E-state index in [1.165, 1.54) is 0 Å². The number of pyridine rings is 6. The maximum atomic E-state index is 16.1. The normalized spacial score (nSPS) is 12.9. The molecular weight excluding hydrogens is 1710 g/mol. The molecule has 28 rings (SSSR count). The highest BCUT2D eigenvalue weighted by Crippen LogP contribution is 2.50. The largest absolute Gasteiger partial charge is 0.309 e. The van der Waals surface area contributed by atoms with E-state index in [0.717, 1.165) is 239 Å². The molecule has 634 valence electrons. The SMILES string of the molecule is O=P(c1ccc2ccccc2c1)(c1ccc2ccccc2c1)c1ccc2c(c1)c1nc3ccccc3cc1c1nc3ccccc3n21.O=P(c1ccccc1)(c1ccc2ccccc2c1)c1cccc2c3nc4ccccc4cc3c3nc4ccccc4n3c12.O=P(c1ccccc1)(c1cccc(-c2ccccc2)c1)c1ccc2c3nc4ccccc4cc3c3nc4ccccc4n3c2c1. The van der Waals surface area contributed by atoms with E-state index < -0.39 is 21.4 Å². The van der Waals surface area contributed by atoms with Crippen LogP contribution in [0.4, 0.5) is 0 Å². The zero-order valence-corrected chi connectivity index (χ0v) is 75.2. The van der Waals surface area contributed by atoms with Crippen molar-refractivity contribution in [1.82, 2.24) is 43.1 Å². The average molecular weight is 1780 g/mol. The summed E-state index contributed by atoms with van der Waals surface area (Å²) in [6.45, 7) is 0. The van der Waals surface area contributed by atoms with Crippen molar-refractivity contribution in [3.8, 4) is 11.1 Å². The summed E-state index contributed by atoms with van der Waals surface area (Å²) < 4.78 is 54.6. The number of aromatic nitrogens is 9. The molecule has 19 aromatic carbocycles. The molecule has 0 saturated heterocycles. The van der Waals surface area contributed by atoms with Gasteiger partial charge in [-0.05, 0) is 177 Å². The Kier molecular flexibility index (Phi) is 18.5. The first kappa shape index (κ1) is 79.3. The van der Waals surface area contributed by atoms with Gasteiger partial charge in [0.25, 0.3) is 0 Å². The monoisotopic (exact) mass is 1780 g/mol. The summed E-state index contributed by atoms with van der Waals surface area (Å²) in [7, 11) is -10.1. The van der Waals surface area contributed by atoms with Crippen molar-refractivity contribution in [2.75, 3.05) is 0 Å². The smallest absolute Gasteiger partial charge is 0.173 e. The summed E-state index contributed by atoms with van der Waals surface area (Å²) in [5.74, 6) is 0. The van der Waals surface area contributed by atoms with Crippen LogP contribution in [0.3, 0.4) is 0 Å². The third-order valence-electron chi connectivity index (χ3n) is 26.9. The summed E-state index contributed by atoms with van der Waals surface area (Å²) >= 11 is 0. The maximum absolute atomic E-state index is 16.1. The molecule has 0 radical (unpaired) electrons. The summed E-state index contributed by atoms with van der Waals surface area (Å²) in [5.41, 5.74) is 18.5. The highest BCUT2D eigenvalue weighted by atomic mass is 31.2. The van der Waals surface area contributed by atoms with Crippen LogP contribution in [0.5, 0.6) is 0 Å². The highest BCUT2D eigenvalue weighted by Gasteiger charge is 2.37. The summed E-state index contributed by atoms with van der Waals surface area (Å²) in [4.78, 5) is 30.9. The Hall–Kier alpha value is -16.7. The van der Waals surface area contributed by atoms with Crippen molar-refractivity contribution in [3.05, 3.63) is 461 Å². The lowest BCUT2D eigenvalue weighted by molar-refractivity contribution is 0.591. The highest BCUT2D eigenvalue weighted by molar-refractivity contribution is 7.86. The van der Waals surface area contributed by atoms with Crippen LogP contribution in [-0.2, 0) is 13.7 Å². The molecule has 28 aromatic rings. The second-order valence-electron chi connectivity index (χ2n) is 34.6. The number of hydrogen-bond acceptors (Lipinski definition) is 9. The Bertz CT molecular complexity index is 9920. The Morgan fingerprint density at radius 1 is 0.170 bits per heavy atom. The van der Waals surface area contributed by atoms with Gasteiger partial charge in [0.2, 0.25) is 0 Å². The van der Waals surface area contributed by atoms with Gasteiger partial charge in [-0.25, -0.2) is 29.9 Å². The molecule has 0 spiro atoms. The van der Waals surface area contributed by atoms with E-state index in [0.29, 0.717) is 0 Å². The summed E-state index contributed by atoms with van der Waals surface area (Å²) in [6, 6.07) is 156. The zero-order chi connectivity index (χ0) is 89.6. The fourth-order valence-electron chi connectivity index (χ4n) is 20.5. The fourth-order valence-corrected chi connectivity index (χ4v) is 28.7. The van der Waals surface area contributed by atoms with Crippen molar-refractivity contribution in [2.24, 2.45) is 0 Å². The molecule has 0 aliphatic heterocycles. The second kappa shape index (κ2) is 31.5. The Morgan fingerprint density at radius 2 is 0.504 bits per heavy atom. The minimum Gasteiger partial charge on any atom is -0.309 e. The molecule has 135 heavy (non-hydrogen) atoms. The standard InChI is InChI=1S/C42H26N3OP.C40H26N3OP.C38H24N3OP/c46-47(32-19-17-27-9-1-3-11-29(27)23-32,33-20-18-28-10-2-4-12-30(28)24-33)34-21-22-39-35(26-34)41-36(25-31-13-5-6-14-37(31)43-41)42-44-38-15-7-8-16-40(38)45(39)42;44-45(30-16-5-2-6-17-30,31-18-11-15-28(24-31)27-12-3-1-4-13-27)32-22-23-33-38(26-32)43-37-21-10-9-20-36(37)42-40(43)34-25-29-14-7-8-19-35(29)41-39(33)34;42-43(28-14-2-1-3-15-28,29-22-21-25-11-4-5-12-26(25)23-29)35-20-10-16-30-36-31(24-27-13-6-7-17-32(27)39-36)38-40-33-18-8-9-19-34(33)41(38)37(30)35/h1-26H;1-26H;1-24H. The van der Waals surface area contributed by atoms with Gasteiger partial charge in [0.1, 0.15) is 16.9 Å². The first-order chi connectivity index (χ1) is 66.5. The Labute approximate surface area is 773 Å². The summed E-state index contributed by atoms with van der Waals surface area (Å²) in [5, 5.41) is 22.7. The van der Waals surface area contributed by atoms with Crippen molar-refractivity contribution in [3.63, 3.8) is 0 Å². The third kappa shape index (κ3) is 12.8. The molecule has 0 bridgehead atoms. The van der Waals surface area contributed by atoms with Gasteiger partial charge in [-0.15, -0.1) is 0 Å². The first-order valence-electron chi connectivity index (χ1n) is 45.2. The van der Waals surface area contributed by atoms with E-state index in [4.69, 9.17) is 29.9 Å². The molecule has 2 atom stereocenters. The molecule has 0 aliphatic carbocycles. The van der Waals surface area contributed by atoms with Crippen LogP contribution in [0, 0.1) is 0 Å². The van der Waals surface area contributed by atoms with Gasteiger partial charge >= 0.3 is 0 Å². The lowest BCUT2D eigenvalue weighted by atomic mass is 10.1. The van der Waals surface area contributed by atoms with Crippen LogP contribution in [0.15, 0.2) is 461 Å². The van der Waals surface area contributed by atoms with Crippen molar-refractivity contribution in [2.45, 2.75) is 0 Å². The van der Waals surface area contributed by atoms with Gasteiger partial charge in [0, 0.05) is 96.2 Å². The molecule has 15 heteroatoms. The van der Waals surface area contributed by atoms with E-state index in [-0.39, 0.29) is 0 Å². The van der Waals surface area contributed by atoms with E-state index in [1.54, 1.807) is 0 Å². The van der Waals surface area contributed by atoms with E-state index in [1.807, 2.05) is 267 Å². The van der Waals surface area contributed by atoms with Gasteiger partial charge in [-0.3, -0.25) is 13.2 Å². The van der Waals surface area contributed by atoms with Crippen molar-refractivity contribution < 1.29 is 13.7 Å². The van der Waals surface area contributed by atoms with E-state index >= 15 is 13.7 Å². The predicted octanol–water partition coefficient (Wildman–Crippen LogP) is 26.1. The molecule has 2 unspecified atom stereocenters. The molecule has 0 N–H and O–H groups in total. The molecule has 0 amide bonds. The number of fused-ring (bicyclic) bond motifs is 30. The number of para-hydroxylation sites is 10. The first-order valence-corrected chi connectivity index (χ1v) is 50.3. The van der Waals surface area contributed by atoms with Gasteiger partial charge < -0.3 is 13.7 Å². The minimum absolute atomic E-state index is 0.769. The zero-order valence-electron chi connectivity index (χ0n) is 72.5. The average Bonchev–Trinajstić information content (AvgIpc) is 1.65. The van der Waals surface area contributed by atoms with Crippen LogP contribution in [0.1, 0.15) is 0 Å². The molecular formula is C120H76N9O3P3. The van der Waals surface area contributed by atoms with Gasteiger partial charge in [0.05, 0.1) is 82.8 Å². The summed E-state index contributed by atoms with van der Waals surface area (Å²) in [6.07, 6.45) is 0. The lowest BCUT2D eigenvalue weighted by Gasteiger charge is -2.23. The van der Waals surface area contributed by atoms with Crippen LogP contribution >= 0.6 is 21.4 Å². The van der Waals surface area contributed by atoms with E-state index in [9.17, 15) is 0 Å². The molecule has 0 aliphatic rings. The van der Waals surface area contributed by atoms with Gasteiger partial charge in [-0.1, -0.05) is 328 Å². The van der Waals surface area contributed by atoms with Crippen LogP contribution < -0.4 is 47.7 Å². The number of nitrogens with zero attached hydrogens (tertiary/aromatic N) is 9. The molecule has 9 aromatic heterocycles. The fraction of sp³-hybridized carbons (Fsp3) is 0. The molecule has 12 nitrogen and oxygen atoms in total. The minimum atomic E-state index is -3.39. The van der Waals surface area contributed by atoms with Crippen LogP contribution in [0.2, 0.25) is 0 Å². The van der Waals surface area contributed by atoms with Gasteiger partial charge in [-0.2, -0.15) is 0 Å². The Morgan fingerprint density at radius 3 is 1.01 bits per heavy atom. The van der Waals surface area contributed by atoms with E-state index in [2.05, 4.69) is 207 Å². The third-order valence-corrected chi connectivity index (χ3v) is 36.1. The number of benzene rings is 19. The number of rotatable bonds is 10. The van der Waals surface area contributed by atoms with Crippen LogP contribution in [-0.4, -0.2) is 43.1 Å². The Balaban J connectivity index is 0.000000105. The predicted molar refractivity (Wildman–Crippen MR) is 565 cm³/mol. The van der Waals surface area contributed by atoms with Gasteiger partial charge in [0.15, 0.2) is 21.4 Å². The maximum Gasteiger partial charge on any atom is 0.173 e. The molecule has 9 heterocycles. The molecule has 0 fully saturated rings. The number of hydrogen-bond donors (Lipinski definition) is 0. The lowest BCUT2D eigenvalue weighted by Crippen LogP contribution is -2.26. The second-order valence-corrected chi connectivity index (χ2v) is 42.9. The topological polar surface area (TPSA) is 142 Å². The number of imidazole rings is 3. The van der Waals surface area contributed by atoms with Crippen molar-refractivity contribution in [1.29, 1.82) is 0 Å². The molecule has 0 saturated carbocycles. The van der Waals surface area contributed by atoms with Crippen molar-refractivity contribution >= 4 is 250 Å².